The molecule has 1 unspecified atom stereocenters. The summed E-state index contributed by atoms with van der Waals surface area (Å²) in [7, 11) is 0. The van der Waals surface area contributed by atoms with E-state index in [9.17, 15) is 0 Å². The van der Waals surface area contributed by atoms with Crippen molar-refractivity contribution in [3.63, 3.8) is 0 Å². The SMILES string of the molecule is Cc1nc(C(CN)c2ccc(Cl)cc2)sc1C. The van der Waals surface area contributed by atoms with Gasteiger partial charge in [-0.05, 0) is 31.5 Å². The Kier molecular flexibility index (Phi) is 3.82. The van der Waals surface area contributed by atoms with E-state index in [1.54, 1.807) is 11.3 Å². The van der Waals surface area contributed by atoms with Crippen LogP contribution in [0.1, 0.15) is 27.1 Å². The first-order valence-electron chi connectivity index (χ1n) is 5.51. The summed E-state index contributed by atoms with van der Waals surface area (Å²) in [6, 6.07) is 7.83. The predicted molar refractivity (Wildman–Crippen MR) is 73.9 cm³/mol. The normalized spacial score (nSPS) is 12.7. The predicted octanol–water partition coefficient (Wildman–Crippen LogP) is 3.50. The van der Waals surface area contributed by atoms with Crippen LogP contribution in [0.5, 0.6) is 0 Å². The lowest BCUT2D eigenvalue weighted by molar-refractivity contribution is 0.806. The average molecular weight is 267 g/mol. The Morgan fingerprint density at radius 3 is 2.41 bits per heavy atom. The third kappa shape index (κ3) is 2.68. The van der Waals surface area contributed by atoms with Crippen molar-refractivity contribution in [3.05, 3.63) is 50.4 Å². The summed E-state index contributed by atoms with van der Waals surface area (Å²) >= 11 is 7.61. The third-order valence-electron chi connectivity index (χ3n) is 2.85. The lowest BCUT2D eigenvalue weighted by Gasteiger charge is -2.12. The summed E-state index contributed by atoms with van der Waals surface area (Å²) in [4.78, 5) is 5.84. The first-order valence-corrected chi connectivity index (χ1v) is 6.70. The van der Waals surface area contributed by atoms with E-state index in [4.69, 9.17) is 17.3 Å². The quantitative estimate of drug-likeness (QED) is 0.923. The smallest absolute Gasteiger partial charge is 0.102 e. The highest BCUT2D eigenvalue weighted by molar-refractivity contribution is 7.11. The monoisotopic (exact) mass is 266 g/mol. The zero-order chi connectivity index (χ0) is 12.4. The topological polar surface area (TPSA) is 38.9 Å². The van der Waals surface area contributed by atoms with Crippen LogP contribution in [-0.4, -0.2) is 11.5 Å². The van der Waals surface area contributed by atoms with Gasteiger partial charge in [-0.3, -0.25) is 0 Å². The molecule has 0 saturated carbocycles. The number of thiazole rings is 1. The molecule has 0 bridgehead atoms. The van der Waals surface area contributed by atoms with E-state index < -0.39 is 0 Å². The van der Waals surface area contributed by atoms with Gasteiger partial charge in [0.15, 0.2) is 0 Å². The summed E-state index contributed by atoms with van der Waals surface area (Å²) in [6.45, 7) is 4.69. The van der Waals surface area contributed by atoms with E-state index in [0.29, 0.717) is 6.54 Å². The zero-order valence-electron chi connectivity index (χ0n) is 9.90. The maximum absolute atomic E-state index is 5.89. The molecule has 1 aromatic carbocycles. The molecule has 1 atom stereocenters. The molecule has 90 valence electrons. The van der Waals surface area contributed by atoms with E-state index in [1.807, 2.05) is 31.2 Å². The van der Waals surface area contributed by atoms with Gasteiger partial charge in [0.25, 0.3) is 0 Å². The van der Waals surface area contributed by atoms with Crippen LogP contribution in [0.3, 0.4) is 0 Å². The van der Waals surface area contributed by atoms with Crippen molar-refractivity contribution in [2.75, 3.05) is 6.54 Å². The first kappa shape index (κ1) is 12.6. The van der Waals surface area contributed by atoms with Crippen molar-refractivity contribution in [3.8, 4) is 0 Å². The van der Waals surface area contributed by atoms with Crippen molar-refractivity contribution in [1.29, 1.82) is 0 Å². The molecule has 2 rings (SSSR count). The molecular formula is C13H15ClN2S. The van der Waals surface area contributed by atoms with Crippen molar-refractivity contribution in [2.45, 2.75) is 19.8 Å². The van der Waals surface area contributed by atoms with Gasteiger partial charge in [0.1, 0.15) is 5.01 Å². The second-order valence-electron chi connectivity index (χ2n) is 4.03. The fourth-order valence-corrected chi connectivity index (χ4v) is 2.91. The Morgan fingerprint density at radius 2 is 1.94 bits per heavy atom. The fourth-order valence-electron chi connectivity index (χ4n) is 1.72. The minimum atomic E-state index is 0.171. The van der Waals surface area contributed by atoms with Gasteiger partial charge in [-0.2, -0.15) is 0 Å². The molecule has 0 spiro atoms. The minimum absolute atomic E-state index is 0.171. The van der Waals surface area contributed by atoms with E-state index in [-0.39, 0.29) is 5.92 Å². The molecule has 0 aliphatic carbocycles. The van der Waals surface area contributed by atoms with E-state index in [1.165, 1.54) is 10.4 Å². The number of benzene rings is 1. The van der Waals surface area contributed by atoms with Crippen molar-refractivity contribution in [2.24, 2.45) is 5.73 Å². The molecule has 1 heterocycles. The van der Waals surface area contributed by atoms with Crippen LogP contribution in [0.15, 0.2) is 24.3 Å². The molecule has 17 heavy (non-hydrogen) atoms. The molecule has 4 heteroatoms. The van der Waals surface area contributed by atoms with Crippen molar-refractivity contribution < 1.29 is 0 Å². The van der Waals surface area contributed by atoms with Crippen LogP contribution >= 0.6 is 22.9 Å². The molecule has 1 aromatic heterocycles. The number of nitrogens with zero attached hydrogens (tertiary/aromatic N) is 1. The second-order valence-corrected chi connectivity index (χ2v) is 5.70. The summed E-state index contributed by atoms with van der Waals surface area (Å²) < 4.78 is 0. The van der Waals surface area contributed by atoms with Gasteiger partial charge in [-0.15, -0.1) is 11.3 Å². The standard InChI is InChI=1S/C13H15ClN2S/c1-8-9(2)17-13(16-8)12(7-15)10-3-5-11(14)6-4-10/h3-6,12H,7,15H2,1-2H3. The van der Waals surface area contributed by atoms with Crippen LogP contribution in [0, 0.1) is 13.8 Å². The summed E-state index contributed by atoms with van der Waals surface area (Å²) in [5, 5.41) is 1.83. The van der Waals surface area contributed by atoms with Gasteiger partial charge in [-0.1, -0.05) is 23.7 Å². The number of rotatable bonds is 3. The van der Waals surface area contributed by atoms with Gasteiger partial charge in [0, 0.05) is 22.4 Å². The Balaban J connectivity index is 2.36. The van der Waals surface area contributed by atoms with Crippen LogP contribution in [-0.2, 0) is 0 Å². The average Bonchev–Trinajstić information content (AvgIpc) is 2.63. The third-order valence-corrected chi connectivity index (χ3v) is 4.29. The first-order chi connectivity index (χ1) is 8.11. The highest BCUT2D eigenvalue weighted by Gasteiger charge is 2.17. The van der Waals surface area contributed by atoms with E-state index in [0.717, 1.165) is 15.7 Å². The van der Waals surface area contributed by atoms with Crippen LogP contribution < -0.4 is 5.73 Å². The van der Waals surface area contributed by atoms with Gasteiger partial charge in [0.05, 0.1) is 5.69 Å². The molecule has 0 fully saturated rings. The van der Waals surface area contributed by atoms with Crippen molar-refractivity contribution >= 4 is 22.9 Å². The number of hydrogen-bond acceptors (Lipinski definition) is 3. The fraction of sp³-hybridized carbons (Fsp3) is 0.308. The summed E-state index contributed by atoms with van der Waals surface area (Å²) in [6.07, 6.45) is 0. The van der Waals surface area contributed by atoms with Gasteiger partial charge < -0.3 is 5.73 Å². The Labute approximate surface area is 110 Å². The second kappa shape index (κ2) is 5.17. The number of halogens is 1. The molecule has 0 amide bonds. The summed E-state index contributed by atoms with van der Waals surface area (Å²) in [5.74, 6) is 0.171. The maximum atomic E-state index is 5.89. The maximum Gasteiger partial charge on any atom is 0.102 e. The molecule has 0 saturated heterocycles. The lowest BCUT2D eigenvalue weighted by Crippen LogP contribution is -2.13. The number of aromatic nitrogens is 1. The molecule has 0 aliphatic rings. The summed E-state index contributed by atoms with van der Waals surface area (Å²) in [5.41, 5.74) is 8.13. The molecule has 2 nitrogen and oxygen atoms in total. The molecule has 0 aliphatic heterocycles. The Bertz CT molecular complexity index is 485. The molecule has 0 radical (unpaired) electrons. The van der Waals surface area contributed by atoms with E-state index in [2.05, 4.69) is 11.9 Å². The van der Waals surface area contributed by atoms with Crippen molar-refractivity contribution in [1.82, 2.24) is 4.98 Å². The Morgan fingerprint density at radius 1 is 1.29 bits per heavy atom. The van der Waals surface area contributed by atoms with Crippen LogP contribution in [0.4, 0.5) is 0 Å². The largest absolute Gasteiger partial charge is 0.329 e. The Hall–Kier alpha value is -0.900. The minimum Gasteiger partial charge on any atom is -0.329 e. The number of nitrogens with two attached hydrogens (primary N) is 1. The van der Waals surface area contributed by atoms with Gasteiger partial charge in [-0.25, -0.2) is 4.98 Å². The molecule has 2 aromatic rings. The zero-order valence-corrected chi connectivity index (χ0v) is 11.5. The van der Waals surface area contributed by atoms with Gasteiger partial charge in [0.2, 0.25) is 0 Å². The lowest BCUT2D eigenvalue weighted by atomic mass is 10.0. The van der Waals surface area contributed by atoms with Crippen LogP contribution in [0.2, 0.25) is 5.02 Å². The molecule has 2 N–H and O–H groups in total. The highest BCUT2D eigenvalue weighted by Crippen LogP contribution is 2.29. The number of aryl methyl sites for hydroxylation is 2. The highest BCUT2D eigenvalue weighted by atomic mass is 35.5. The molecular weight excluding hydrogens is 252 g/mol. The number of hydrogen-bond donors (Lipinski definition) is 1. The van der Waals surface area contributed by atoms with E-state index >= 15 is 0 Å². The van der Waals surface area contributed by atoms with Gasteiger partial charge >= 0.3 is 0 Å². The van der Waals surface area contributed by atoms with Crippen LogP contribution in [0.25, 0.3) is 0 Å².